The topological polar surface area (TPSA) is 88.9 Å². The quantitative estimate of drug-likeness (QED) is 0.695. The predicted molar refractivity (Wildman–Crippen MR) is 109 cm³/mol. The lowest BCUT2D eigenvalue weighted by molar-refractivity contribution is -0.114. The van der Waals surface area contributed by atoms with Crippen LogP contribution in [0.15, 0.2) is 24.3 Å². The van der Waals surface area contributed by atoms with Gasteiger partial charge in [0.1, 0.15) is 0 Å². The van der Waals surface area contributed by atoms with Crippen molar-refractivity contribution in [3.63, 3.8) is 0 Å². The Balaban J connectivity index is 1.69. The minimum atomic E-state index is -0.242. The molecule has 0 aliphatic heterocycles. The summed E-state index contributed by atoms with van der Waals surface area (Å²) in [7, 11) is 1.83. The monoisotopic (exact) mass is 397 g/mol. The lowest BCUT2D eigenvalue weighted by Crippen LogP contribution is -2.14. The summed E-state index contributed by atoms with van der Waals surface area (Å²) in [6.07, 6.45) is 2.19. The number of halogens is 1. The average Bonchev–Trinajstić information content (AvgIpc) is 3.43. The number of aromatic nitrogens is 3. The number of amides is 2. The highest BCUT2D eigenvalue weighted by molar-refractivity contribution is 6.34. The van der Waals surface area contributed by atoms with Crippen LogP contribution in [0.1, 0.15) is 47.4 Å². The van der Waals surface area contributed by atoms with Crippen LogP contribution in [0.5, 0.6) is 0 Å². The smallest absolute Gasteiger partial charge is 0.256 e. The molecule has 1 aliphatic rings. The number of fused-ring (bicyclic) bond motifs is 1. The fourth-order valence-corrected chi connectivity index (χ4v) is 3.54. The van der Waals surface area contributed by atoms with Gasteiger partial charge in [-0.1, -0.05) is 11.6 Å². The van der Waals surface area contributed by atoms with E-state index in [1.165, 1.54) is 6.92 Å². The molecule has 0 radical (unpaired) electrons. The van der Waals surface area contributed by atoms with Crippen LogP contribution < -0.4 is 10.6 Å². The van der Waals surface area contributed by atoms with E-state index in [0.717, 1.165) is 29.6 Å². The molecule has 0 atom stereocenters. The summed E-state index contributed by atoms with van der Waals surface area (Å²) in [5.41, 5.74) is 4.00. The number of carbonyl (C=O) groups excluding carboxylic acids is 2. The molecule has 28 heavy (non-hydrogen) atoms. The van der Waals surface area contributed by atoms with Crippen LogP contribution in [0.25, 0.3) is 11.0 Å². The first-order valence-corrected chi connectivity index (χ1v) is 9.44. The Morgan fingerprint density at radius 3 is 2.61 bits per heavy atom. The van der Waals surface area contributed by atoms with Crippen molar-refractivity contribution in [2.45, 2.75) is 32.6 Å². The normalized spacial score (nSPS) is 13.6. The van der Waals surface area contributed by atoms with E-state index in [9.17, 15) is 9.59 Å². The second-order valence-electron chi connectivity index (χ2n) is 7.11. The fourth-order valence-electron chi connectivity index (χ4n) is 3.31. The van der Waals surface area contributed by atoms with Gasteiger partial charge in [-0.05, 0) is 44.0 Å². The summed E-state index contributed by atoms with van der Waals surface area (Å²) < 4.78 is 1.71. The fraction of sp³-hybridized carbons (Fsp3) is 0.300. The van der Waals surface area contributed by atoms with Crippen LogP contribution in [-0.2, 0) is 11.8 Å². The van der Waals surface area contributed by atoms with Crippen molar-refractivity contribution in [2.24, 2.45) is 7.05 Å². The van der Waals surface area contributed by atoms with E-state index in [1.54, 1.807) is 22.9 Å². The van der Waals surface area contributed by atoms with Crippen LogP contribution in [0, 0.1) is 6.92 Å². The van der Waals surface area contributed by atoms with E-state index in [2.05, 4.69) is 15.7 Å². The summed E-state index contributed by atoms with van der Waals surface area (Å²) in [4.78, 5) is 29.0. The highest BCUT2D eigenvalue weighted by Gasteiger charge is 2.28. The Hall–Kier alpha value is -2.93. The Morgan fingerprint density at radius 1 is 1.21 bits per heavy atom. The number of aryl methyl sites for hydroxylation is 2. The molecule has 7 nitrogen and oxygen atoms in total. The number of hydrogen-bond acceptors (Lipinski definition) is 4. The van der Waals surface area contributed by atoms with Gasteiger partial charge in [0.25, 0.3) is 5.91 Å². The first-order chi connectivity index (χ1) is 13.3. The molecule has 2 N–H and O–H groups in total. The zero-order valence-electron chi connectivity index (χ0n) is 15.8. The van der Waals surface area contributed by atoms with Crippen LogP contribution in [0.4, 0.5) is 11.4 Å². The van der Waals surface area contributed by atoms with Crippen molar-refractivity contribution in [1.29, 1.82) is 0 Å². The van der Waals surface area contributed by atoms with Crippen LogP contribution in [0.3, 0.4) is 0 Å². The number of anilines is 2. The van der Waals surface area contributed by atoms with E-state index in [1.807, 2.05) is 20.0 Å². The molecule has 1 fully saturated rings. The van der Waals surface area contributed by atoms with Gasteiger partial charge in [0.05, 0.1) is 27.4 Å². The third-order valence-electron chi connectivity index (χ3n) is 4.77. The molecular formula is C20H20ClN5O2. The molecule has 1 aliphatic carbocycles. The molecular weight excluding hydrogens is 378 g/mol. The summed E-state index contributed by atoms with van der Waals surface area (Å²) in [5, 5.41) is 11.1. The Kier molecular flexibility index (Phi) is 4.55. The summed E-state index contributed by atoms with van der Waals surface area (Å²) in [6, 6.07) is 6.84. The van der Waals surface area contributed by atoms with E-state index < -0.39 is 0 Å². The molecule has 0 saturated heterocycles. The summed E-state index contributed by atoms with van der Waals surface area (Å²) in [6.45, 7) is 3.28. The van der Waals surface area contributed by atoms with Crippen LogP contribution >= 0.6 is 11.6 Å². The van der Waals surface area contributed by atoms with Gasteiger partial charge in [0.15, 0.2) is 5.65 Å². The lowest BCUT2D eigenvalue weighted by atomic mass is 10.1. The van der Waals surface area contributed by atoms with Crippen molar-refractivity contribution in [1.82, 2.24) is 14.8 Å². The SMILES string of the molecule is CC(=O)Nc1ccc(NC(=O)c2cc(C3CC3)nc3c2c(C)nn3C)cc1Cl. The standard InChI is InChI=1S/C20H20ClN5O2/c1-10-18-14(9-17(12-4-5-12)24-19(18)26(3)25-10)20(28)23-13-6-7-16(15(21)8-13)22-11(2)27/h6-9,12H,4-5H2,1-3H3,(H,22,27)(H,23,28). The van der Waals surface area contributed by atoms with Crippen molar-refractivity contribution in [2.75, 3.05) is 10.6 Å². The third kappa shape index (κ3) is 3.45. The minimum absolute atomic E-state index is 0.211. The van der Waals surface area contributed by atoms with Crippen LogP contribution in [-0.4, -0.2) is 26.6 Å². The number of nitrogens with one attached hydrogen (secondary N) is 2. The van der Waals surface area contributed by atoms with Gasteiger partial charge < -0.3 is 10.6 Å². The number of nitrogens with zero attached hydrogens (tertiary/aromatic N) is 3. The van der Waals surface area contributed by atoms with Gasteiger partial charge in [0.2, 0.25) is 5.91 Å². The Morgan fingerprint density at radius 2 is 1.96 bits per heavy atom. The van der Waals surface area contributed by atoms with Crippen molar-refractivity contribution in [3.8, 4) is 0 Å². The van der Waals surface area contributed by atoms with Gasteiger partial charge >= 0.3 is 0 Å². The first-order valence-electron chi connectivity index (χ1n) is 9.06. The van der Waals surface area contributed by atoms with E-state index in [0.29, 0.717) is 33.5 Å². The maximum atomic E-state index is 13.1. The average molecular weight is 398 g/mol. The zero-order chi connectivity index (χ0) is 20.0. The lowest BCUT2D eigenvalue weighted by Gasteiger charge is -2.11. The van der Waals surface area contributed by atoms with Gasteiger partial charge in [0, 0.05) is 31.3 Å². The highest BCUT2D eigenvalue weighted by Crippen LogP contribution is 2.40. The molecule has 8 heteroatoms. The molecule has 0 spiro atoms. The molecule has 0 bridgehead atoms. The summed E-state index contributed by atoms with van der Waals surface area (Å²) >= 11 is 6.21. The third-order valence-corrected chi connectivity index (χ3v) is 5.08. The molecule has 2 amide bonds. The Labute approximate surface area is 167 Å². The van der Waals surface area contributed by atoms with Crippen molar-refractivity contribution in [3.05, 3.63) is 46.2 Å². The molecule has 1 saturated carbocycles. The molecule has 0 unspecified atom stereocenters. The van der Waals surface area contributed by atoms with E-state index in [4.69, 9.17) is 16.6 Å². The second-order valence-corrected chi connectivity index (χ2v) is 7.51. The molecule has 1 aromatic carbocycles. The predicted octanol–water partition coefficient (Wildman–Crippen LogP) is 4.02. The maximum absolute atomic E-state index is 13.1. The number of hydrogen-bond donors (Lipinski definition) is 2. The molecule has 3 aromatic rings. The van der Waals surface area contributed by atoms with Gasteiger partial charge in [-0.25, -0.2) is 4.98 Å². The number of rotatable bonds is 4. The first kappa shape index (κ1) is 18.4. The molecule has 2 aromatic heterocycles. The molecule has 2 heterocycles. The van der Waals surface area contributed by atoms with Gasteiger partial charge in [-0.3, -0.25) is 14.3 Å². The van der Waals surface area contributed by atoms with Crippen molar-refractivity contribution < 1.29 is 9.59 Å². The van der Waals surface area contributed by atoms with Gasteiger partial charge in [-0.15, -0.1) is 0 Å². The zero-order valence-corrected chi connectivity index (χ0v) is 16.6. The number of carbonyl (C=O) groups is 2. The second kappa shape index (κ2) is 6.91. The maximum Gasteiger partial charge on any atom is 0.256 e. The van der Waals surface area contributed by atoms with E-state index in [-0.39, 0.29) is 11.8 Å². The van der Waals surface area contributed by atoms with Crippen LogP contribution in [0.2, 0.25) is 5.02 Å². The number of pyridine rings is 1. The summed E-state index contributed by atoms with van der Waals surface area (Å²) in [5.74, 6) is -0.0381. The molecule has 4 rings (SSSR count). The number of benzene rings is 1. The molecule has 144 valence electrons. The van der Waals surface area contributed by atoms with E-state index >= 15 is 0 Å². The largest absolute Gasteiger partial charge is 0.325 e. The highest BCUT2D eigenvalue weighted by atomic mass is 35.5. The van der Waals surface area contributed by atoms with Crippen molar-refractivity contribution >= 4 is 45.8 Å². The van der Waals surface area contributed by atoms with Gasteiger partial charge in [-0.2, -0.15) is 5.10 Å². The Bertz CT molecular complexity index is 1120. The minimum Gasteiger partial charge on any atom is -0.325 e.